The third-order valence-electron chi connectivity index (χ3n) is 4.98. The second-order valence-corrected chi connectivity index (χ2v) is 7.10. The number of carbonyl (C=O) groups excluding carboxylic acids is 2. The van der Waals surface area contributed by atoms with Gasteiger partial charge < -0.3 is 10.6 Å². The molecule has 3 aromatic rings. The number of nitrogens with zero attached hydrogens (tertiary/aromatic N) is 2. The molecule has 1 aromatic heterocycles. The molecule has 29 heavy (non-hydrogen) atoms. The molecule has 4 rings (SSSR count). The summed E-state index contributed by atoms with van der Waals surface area (Å²) in [6.45, 7) is 4.02. The van der Waals surface area contributed by atoms with E-state index in [9.17, 15) is 14.0 Å². The lowest BCUT2D eigenvalue weighted by atomic mass is 10.0. The zero-order valence-corrected chi connectivity index (χ0v) is 16.2. The van der Waals surface area contributed by atoms with Crippen LogP contribution in [-0.2, 0) is 16.0 Å². The first-order valence-electron chi connectivity index (χ1n) is 9.51. The quantitative estimate of drug-likeness (QED) is 0.687. The van der Waals surface area contributed by atoms with Crippen molar-refractivity contribution in [3.63, 3.8) is 0 Å². The summed E-state index contributed by atoms with van der Waals surface area (Å²) < 4.78 is 14.9. The first-order chi connectivity index (χ1) is 14.0. The lowest BCUT2D eigenvalue weighted by Crippen LogP contribution is -2.24. The molecule has 1 aliphatic heterocycles. The molecule has 1 aliphatic rings. The number of anilines is 2. The number of hydrogen-bond acceptors (Lipinski definition) is 3. The Morgan fingerprint density at radius 3 is 2.69 bits per heavy atom. The van der Waals surface area contributed by atoms with Crippen molar-refractivity contribution in [3.05, 3.63) is 65.6 Å². The predicted molar refractivity (Wildman–Crippen MR) is 109 cm³/mol. The predicted octanol–water partition coefficient (Wildman–Crippen LogP) is 4.08. The van der Waals surface area contributed by atoms with E-state index in [1.165, 1.54) is 18.2 Å². The molecule has 2 heterocycles. The molecule has 7 heteroatoms. The minimum absolute atomic E-state index is 0.0898. The smallest absolute Gasteiger partial charge is 0.251 e. The minimum atomic E-state index is -0.747. The van der Waals surface area contributed by atoms with Crippen LogP contribution < -0.4 is 10.6 Å². The van der Waals surface area contributed by atoms with Gasteiger partial charge in [-0.05, 0) is 37.1 Å². The monoisotopic (exact) mass is 392 g/mol. The molecular weight excluding hydrogens is 371 g/mol. The van der Waals surface area contributed by atoms with Crippen molar-refractivity contribution in [1.29, 1.82) is 0 Å². The number of amides is 2. The summed E-state index contributed by atoms with van der Waals surface area (Å²) in [4.78, 5) is 25.0. The van der Waals surface area contributed by atoms with E-state index >= 15 is 0 Å². The number of aryl methyl sites for hydroxylation is 2. The highest BCUT2D eigenvalue weighted by Crippen LogP contribution is 2.38. The van der Waals surface area contributed by atoms with E-state index in [-0.39, 0.29) is 18.2 Å². The number of halogens is 1. The lowest BCUT2D eigenvalue weighted by molar-refractivity contribution is -0.123. The van der Waals surface area contributed by atoms with Gasteiger partial charge in [-0.15, -0.1) is 0 Å². The fourth-order valence-corrected chi connectivity index (χ4v) is 3.54. The van der Waals surface area contributed by atoms with Gasteiger partial charge in [-0.2, -0.15) is 5.10 Å². The third kappa shape index (κ3) is 3.63. The highest BCUT2D eigenvalue weighted by atomic mass is 19.1. The van der Waals surface area contributed by atoms with Crippen LogP contribution >= 0.6 is 0 Å². The van der Waals surface area contributed by atoms with E-state index in [1.807, 2.05) is 38.1 Å². The summed E-state index contributed by atoms with van der Waals surface area (Å²) in [6.07, 6.45) is 0.606. The van der Waals surface area contributed by atoms with E-state index in [0.717, 1.165) is 22.4 Å². The molecule has 2 amide bonds. The molecule has 0 spiro atoms. The number of nitrogens with one attached hydrogen (secondary N) is 2. The SMILES string of the molecule is CCc1nn2c(c1-c1ccc(C)cc1)NC(=O)C2CC(=O)Nc1cccc(F)c1. The number of hydrogen-bond donors (Lipinski definition) is 2. The second kappa shape index (κ2) is 7.50. The highest BCUT2D eigenvalue weighted by Gasteiger charge is 2.36. The molecule has 0 bridgehead atoms. The Bertz CT molecular complexity index is 1090. The highest BCUT2D eigenvalue weighted by molar-refractivity contribution is 6.04. The Kier molecular flexibility index (Phi) is 4.88. The first kappa shape index (κ1) is 18.9. The van der Waals surface area contributed by atoms with Gasteiger partial charge in [-0.25, -0.2) is 9.07 Å². The van der Waals surface area contributed by atoms with E-state index in [0.29, 0.717) is 17.9 Å². The first-order valence-corrected chi connectivity index (χ1v) is 9.51. The molecular formula is C22H21FN4O2. The van der Waals surface area contributed by atoms with Crippen LogP contribution in [0.2, 0.25) is 0 Å². The molecule has 0 fully saturated rings. The Morgan fingerprint density at radius 1 is 1.24 bits per heavy atom. The zero-order chi connectivity index (χ0) is 20.5. The Labute approximate surface area is 167 Å². The van der Waals surface area contributed by atoms with Crippen molar-refractivity contribution < 1.29 is 14.0 Å². The van der Waals surface area contributed by atoms with Gasteiger partial charge in [0.15, 0.2) is 0 Å². The van der Waals surface area contributed by atoms with Crippen molar-refractivity contribution >= 4 is 23.3 Å². The Morgan fingerprint density at radius 2 is 2.00 bits per heavy atom. The standard InChI is InChI=1S/C22H21FN4O2/c1-3-17-20(14-9-7-13(2)8-10-14)21-25-22(29)18(27(21)26-17)12-19(28)24-16-6-4-5-15(23)11-16/h4-11,18H,3,12H2,1-2H3,(H,24,28)(H,25,29). The third-order valence-corrected chi connectivity index (χ3v) is 4.98. The summed E-state index contributed by atoms with van der Waals surface area (Å²) in [5, 5.41) is 10.1. The van der Waals surface area contributed by atoms with Gasteiger partial charge in [0.25, 0.3) is 5.91 Å². The van der Waals surface area contributed by atoms with Crippen LogP contribution in [-0.4, -0.2) is 21.6 Å². The maximum absolute atomic E-state index is 13.3. The largest absolute Gasteiger partial charge is 0.326 e. The average Bonchev–Trinajstić information content (AvgIpc) is 3.18. The summed E-state index contributed by atoms with van der Waals surface area (Å²) in [5.74, 6) is -0.489. The molecule has 148 valence electrons. The van der Waals surface area contributed by atoms with Crippen molar-refractivity contribution in [2.24, 2.45) is 0 Å². The number of fused-ring (bicyclic) bond motifs is 1. The summed E-state index contributed by atoms with van der Waals surface area (Å²) in [5.41, 5.74) is 4.21. The Balaban J connectivity index is 1.61. The van der Waals surface area contributed by atoms with Gasteiger partial charge >= 0.3 is 0 Å². The van der Waals surface area contributed by atoms with Crippen molar-refractivity contribution in [2.75, 3.05) is 10.6 Å². The summed E-state index contributed by atoms with van der Waals surface area (Å²) in [7, 11) is 0. The second-order valence-electron chi connectivity index (χ2n) is 7.10. The van der Waals surface area contributed by atoms with Gasteiger partial charge in [0, 0.05) is 11.3 Å². The van der Waals surface area contributed by atoms with E-state index in [4.69, 9.17) is 0 Å². The molecule has 2 aromatic carbocycles. The van der Waals surface area contributed by atoms with Crippen LogP contribution in [0.25, 0.3) is 11.1 Å². The van der Waals surface area contributed by atoms with Gasteiger partial charge in [0.2, 0.25) is 5.91 Å². The average molecular weight is 392 g/mol. The van der Waals surface area contributed by atoms with Gasteiger partial charge in [-0.1, -0.05) is 42.8 Å². The molecule has 0 saturated carbocycles. The van der Waals surface area contributed by atoms with Crippen LogP contribution in [0.4, 0.5) is 15.9 Å². The number of rotatable bonds is 5. The number of aromatic nitrogens is 2. The molecule has 0 aliphatic carbocycles. The topological polar surface area (TPSA) is 76.0 Å². The summed E-state index contributed by atoms with van der Waals surface area (Å²) >= 11 is 0. The van der Waals surface area contributed by atoms with E-state index in [2.05, 4.69) is 15.7 Å². The normalized spacial score (nSPS) is 15.1. The minimum Gasteiger partial charge on any atom is -0.326 e. The fourth-order valence-electron chi connectivity index (χ4n) is 3.54. The van der Waals surface area contributed by atoms with Crippen LogP contribution in [0, 0.1) is 12.7 Å². The molecule has 1 atom stereocenters. The lowest BCUT2D eigenvalue weighted by Gasteiger charge is -2.10. The van der Waals surface area contributed by atoms with E-state index < -0.39 is 11.9 Å². The molecule has 2 N–H and O–H groups in total. The maximum Gasteiger partial charge on any atom is 0.251 e. The molecule has 0 saturated heterocycles. The van der Waals surface area contributed by atoms with Gasteiger partial charge in [0.05, 0.1) is 12.1 Å². The zero-order valence-electron chi connectivity index (χ0n) is 16.2. The van der Waals surface area contributed by atoms with Crippen molar-refractivity contribution in [1.82, 2.24) is 9.78 Å². The fraction of sp³-hybridized carbons (Fsp3) is 0.227. The maximum atomic E-state index is 13.3. The molecule has 1 unspecified atom stereocenters. The van der Waals surface area contributed by atoms with Crippen molar-refractivity contribution in [3.8, 4) is 11.1 Å². The van der Waals surface area contributed by atoms with Crippen LogP contribution in [0.3, 0.4) is 0 Å². The van der Waals surface area contributed by atoms with Crippen LogP contribution in [0.5, 0.6) is 0 Å². The Hall–Kier alpha value is -3.48. The molecule has 6 nitrogen and oxygen atoms in total. The van der Waals surface area contributed by atoms with Gasteiger partial charge in [-0.3, -0.25) is 9.59 Å². The van der Waals surface area contributed by atoms with Gasteiger partial charge in [0.1, 0.15) is 17.7 Å². The summed E-state index contributed by atoms with van der Waals surface area (Å²) in [6, 6.07) is 12.9. The van der Waals surface area contributed by atoms with Crippen molar-refractivity contribution in [2.45, 2.75) is 32.7 Å². The van der Waals surface area contributed by atoms with Crippen LogP contribution in [0.15, 0.2) is 48.5 Å². The molecule has 0 radical (unpaired) electrons. The van der Waals surface area contributed by atoms with Crippen LogP contribution in [0.1, 0.15) is 30.6 Å². The number of carbonyl (C=O) groups is 2. The number of benzene rings is 2. The van der Waals surface area contributed by atoms with E-state index in [1.54, 1.807) is 10.7 Å².